The summed E-state index contributed by atoms with van der Waals surface area (Å²) in [7, 11) is -0.575. The zero-order valence-electron chi connectivity index (χ0n) is 12.2. The molecule has 6 heteroatoms. The Hall–Kier alpha value is -1.09. The third kappa shape index (κ3) is 2.69. The van der Waals surface area contributed by atoms with E-state index in [4.69, 9.17) is 26.2 Å². The Balaban J connectivity index is 2.29. The molecule has 0 aliphatic carbocycles. The average Bonchev–Trinajstić information content (AvgIpc) is 2.57. The lowest BCUT2D eigenvalue weighted by atomic mass is 9.83. The maximum Gasteiger partial charge on any atom is 0.516 e. The van der Waals surface area contributed by atoms with Crippen molar-refractivity contribution < 1.29 is 9.31 Å². The highest BCUT2D eigenvalue weighted by molar-refractivity contribution is 6.64. The summed E-state index contributed by atoms with van der Waals surface area (Å²) in [6, 6.07) is 3.94. The van der Waals surface area contributed by atoms with E-state index in [1.165, 1.54) is 0 Å². The van der Waals surface area contributed by atoms with Gasteiger partial charge >= 0.3 is 7.12 Å². The second-order valence-corrected chi connectivity index (χ2v) is 6.29. The molecule has 1 aliphatic heterocycles. The van der Waals surface area contributed by atoms with E-state index in [9.17, 15) is 0 Å². The molecule has 4 nitrogen and oxygen atoms in total. The van der Waals surface area contributed by atoms with Crippen molar-refractivity contribution in [3.63, 3.8) is 0 Å². The molecule has 0 saturated carbocycles. The highest BCUT2D eigenvalue weighted by Gasteiger charge is 2.53. The fourth-order valence-corrected chi connectivity index (χ4v) is 2.30. The molecule has 0 atom stereocenters. The summed E-state index contributed by atoms with van der Waals surface area (Å²) in [5.74, 6) is 0. The van der Waals surface area contributed by atoms with Crippen LogP contribution in [0.4, 0.5) is 0 Å². The quantitative estimate of drug-likeness (QED) is 0.803. The second-order valence-electron chi connectivity index (χ2n) is 5.92. The van der Waals surface area contributed by atoms with Crippen molar-refractivity contribution in [3.8, 4) is 6.07 Å². The number of nitriles is 1. The number of aryl methyl sites for hydroxylation is 1. The zero-order chi connectivity index (χ0) is 15.0. The number of rotatable bonds is 3. The molecular weight excluding hydrogens is 274 g/mol. The molecule has 1 fully saturated rings. The number of nitrogens with zero attached hydrogens (tertiary/aromatic N) is 2. The first-order chi connectivity index (χ1) is 9.28. The van der Waals surface area contributed by atoms with Crippen molar-refractivity contribution in [3.05, 3.63) is 22.8 Å². The van der Waals surface area contributed by atoms with Crippen LogP contribution in [-0.2, 0) is 15.7 Å². The number of pyridine rings is 1. The first-order valence-electron chi connectivity index (χ1n) is 6.64. The van der Waals surface area contributed by atoms with Crippen LogP contribution in [0, 0.1) is 11.3 Å². The van der Waals surface area contributed by atoms with Crippen molar-refractivity contribution in [2.45, 2.75) is 51.7 Å². The van der Waals surface area contributed by atoms with Gasteiger partial charge in [0.15, 0.2) is 0 Å². The summed E-state index contributed by atoms with van der Waals surface area (Å²) in [5.41, 5.74) is 0.630. The van der Waals surface area contributed by atoms with E-state index in [-0.39, 0.29) is 0 Å². The SMILES string of the molecule is CC1(C)OB(c2nccc(CCC#N)c2Cl)OC1(C)C. The third-order valence-electron chi connectivity index (χ3n) is 3.98. The molecule has 0 radical (unpaired) electrons. The van der Waals surface area contributed by atoms with Crippen LogP contribution >= 0.6 is 11.6 Å². The Labute approximate surface area is 125 Å². The minimum absolute atomic E-state index is 0.423. The normalized spacial score (nSPS) is 19.9. The lowest BCUT2D eigenvalue weighted by Gasteiger charge is -2.32. The molecule has 2 rings (SSSR count). The van der Waals surface area contributed by atoms with Gasteiger partial charge in [-0.15, -0.1) is 0 Å². The maximum absolute atomic E-state index is 8.68. The maximum atomic E-state index is 8.68. The van der Waals surface area contributed by atoms with E-state index in [1.54, 1.807) is 6.20 Å². The largest absolute Gasteiger partial charge is 0.516 e. The Bertz CT molecular complexity index is 539. The summed E-state index contributed by atoms with van der Waals surface area (Å²) in [6.07, 6.45) is 2.70. The topological polar surface area (TPSA) is 55.1 Å². The molecular formula is C14H18BClN2O2. The zero-order valence-corrected chi connectivity index (χ0v) is 13.0. The molecule has 0 unspecified atom stereocenters. The lowest BCUT2D eigenvalue weighted by Crippen LogP contribution is -2.41. The van der Waals surface area contributed by atoms with Gasteiger partial charge in [0.2, 0.25) is 0 Å². The van der Waals surface area contributed by atoms with Gasteiger partial charge in [0.25, 0.3) is 0 Å². The van der Waals surface area contributed by atoms with Gasteiger partial charge in [0.05, 0.1) is 27.9 Å². The van der Waals surface area contributed by atoms with E-state index in [0.717, 1.165) is 5.56 Å². The molecule has 2 heterocycles. The van der Waals surface area contributed by atoms with E-state index < -0.39 is 18.3 Å². The van der Waals surface area contributed by atoms with E-state index >= 15 is 0 Å². The predicted molar refractivity (Wildman–Crippen MR) is 78.9 cm³/mol. The van der Waals surface area contributed by atoms with Crippen molar-refractivity contribution in [2.75, 3.05) is 0 Å². The lowest BCUT2D eigenvalue weighted by molar-refractivity contribution is 0.00578. The average molecular weight is 293 g/mol. The molecule has 1 aromatic heterocycles. The first kappa shape index (κ1) is 15.3. The van der Waals surface area contributed by atoms with Crippen molar-refractivity contribution >= 4 is 24.3 Å². The molecule has 1 aromatic rings. The van der Waals surface area contributed by atoms with Crippen molar-refractivity contribution in [1.29, 1.82) is 5.26 Å². The molecule has 0 spiro atoms. The summed E-state index contributed by atoms with van der Waals surface area (Å²) in [5, 5.41) is 9.21. The van der Waals surface area contributed by atoms with Crippen LogP contribution in [-0.4, -0.2) is 23.3 Å². The van der Waals surface area contributed by atoms with Gasteiger partial charge in [-0.05, 0) is 45.7 Å². The molecule has 0 N–H and O–H groups in total. The second kappa shape index (κ2) is 5.36. The van der Waals surface area contributed by atoms with Crippen LogP contribution in [0.5, 0.6) is 0 Å². The molecule has 0 amide bonds. The molecule has 0 bridgehead atoms. The predicted octanol–water partition coefficient (Wildman–Crippen LogP) is 2.49. The summed E-state index contributed by atoms with van der Waals surface area (Å²) < 4.78 is 11.9. The van der Waals surface area contributed by atoms with Gasteiger partial charge in [-0.3, -0.25) is 4.98 Å². The van der Waals surface area contributed by atoms with Gasteiger partial charge in [-0.1, -0.05) is 11.6 Å². The van der Waals surface area contributed by atoms with Crippen LogP contribution in [0.15, 0.2) is 12.3 Å². The Kier molecular flexibility index (Phi) is 4.10. The van der Waals surface area contributed by atoms with Crippen molar-refractivity contribution in [1.82, 2.24) is 4.98 Å². The van der Waals surface area contributed by atoms with E-state index in [0.29, 0.717) is 23.5 Å². The first-order valence-corrected chi connectivity index (χ1v) is 7.02. The van der Waals surface area contributed by atoms with Gasteiger partial charge in [0.1, 0.15) is 0 Å². The van der Waals surface area contributed by atoms with Gasteiger partial charge in [-0.25, -0.2) is 0 Å². The van der Waals surface area contributed by atoms with Gasteiger partial charge in [-0.2, -0.15) is 5.26 Å². The molecule has 1 saturated heterocycles. The Morgan fingerprint density at radius 3 is 2.45 bits per heavy atom. The molecule has 106 valence electrons. The van der Waals surface area contributed by atoms with Crippen LogP contribution < -0.4 is 5.59 Å². The molecule has 1 aliphatic rings. The van der Waals surface area contributed by atoms with Crippen molar-refractivity contribution in [2.24, 2.45) is 0 Å². The number of aromatic nitrogens is 1. The van der Waals surface area contributed by atoms with Gasteiger partial charge < -0.3 is 9.31 Å². The highest BCUT2D eigenvalue weighted by atomic mass is 35.5. The smallest absolute Gasteiger partial charge is 0.398 e. The summed E-state index contributed by atoms with van der Waals surface area (Å²) in [4.78, 5) is 4.30. The number of halogens is 1. The monoisotopic (exact) mass is 292 g/mol. The van der Waals surface area contributed by atoms with Crippen LogP contribution in [0.2, 0.25) is 5.02 Å². The fourth-order valence-electron chi connectivity index (χ4n) is 2.00. The summed E-state index contributed by atoms with van der Waals surface area (Å²) >= 11 is 6.38. The van der Waals surface area contributed by atoms with Crippen LogP contribution in [0.3, 0.4) is 0 Å². The number of hydrogen-bond donors (Lipinski definition) is 0. The molecule has 0 aromatic carbocycles. The van der Waals surface area contributed by atoms with Gasteiger partial charge in [0, 0.05) is 12.6 Å². The minimum Gasteiger partial charge on any atom is -0.398 e. The van der Waals surface area contributed by atoms with Crippen LogP contribution in [0.25, 0.3) is 0 Å². The van der Waals surface area contributed by atoms with E-state index in [2.05, 4.69) is 11.1 Å². The Morgan fingerprint density at radius 2 is 1.90 bits per heavy atom. The number of hydrogen-bond acceptors (Lipinski definition) is 4. The third-order valence-corrected chi connectivity index (χ3v) is 4.42. The van der Waals surface area contributed by atoms with Crippen LogP contribution in [0.1, 0.15) is 39.7 Å². The summed E-state index contributed by atoms with van der Waals surface area (Å²) in [6.45, 7) is 7.95. The fraction of sp³-hybridized carbons (Fsp3) is 0.571. The molecule has 20 heavy (non-hydrogen) atoms. The minimum atomic E-state index is -0.575. The standard InChI is InChI=1S/C14H18BClN2O2/c1-13(2)14(3,4)20-15(19-13)12-11(16)10(6-5-8-17)7-9-18-12/h7,9H,5-6H2,1-4H3. The van der Waals surface area contributed by atoms with E-state index in [1.807, 2.05) is 33.8 Å². The highest BCUT2D eigenvalue weighted by Crippen LogP contribution is 2.36. The Morgan fingerprint density at radius 1 is 1.30 bits per heavy atom.